The molecular formula is C14H16BrClN2O. The number of aliphatic hydroxyl groups excluding tert-OH is 1. The van der Waals surface area contributed by atoms with Gasteiger partial charge in [0.15, 0.2) is 0 Å². The SMILES string of the molecule is Cc1cccc(C(O)Cc2c(Cl)c(C)nn2C)c1Br. The lowest BCUT2D eigenvalue weighted by Crippen LogP contribution is -2.08. The van der Waals surface area contributed by atoms with Crippen LogP contribution in [0.5, 0.6) is 0 Å². The van der Waals surface area contributed by atoms with E-state index in [2.05, 4.69) is 21.0 Å². The molecule has 0 saturated heterocycles. The van der Waals surface area contributed by atoms with Gasteiger partial charge in [-0.25, -0.2) is 0 Å². The lowest BCUT2D eigenvalue weighted by Gasteiger charge is -2.14. The number of hydrogen-bond donors (Lipinski definition) is 1. The van der Waals surface area contributed by atoms with Crippen LogP contribution in [0.25, 0.3) is 0 Å². The average molecular weight is 344 g/mol. The van der Waals surface area contributed by atoms with Crippen molar-refractivity contribution < 1.29 is 5.11 Å². The summed E-state index contributed by atoms with van der Waals surface area (Å²) >= 11 is 9.73. The van der Waals surface area contributed by atoms with E-state index in [1.54, 1.807) is 4.68 Å². The van der Waals surface area contributed by atoms with Crippen molar-refractivity contribution in [1.82, 2.24) is 9.78 Å². The number of aliphatic hydroxyl groups is 1. The van der Waals surface area contributed by atoms with Crippen LogP contribution in [0, 0.1) is 13.8 Å². The molecule has 1 unspecified atom stereocenters. The average Bonchev–Trinajstić information content (AvgIpc) is 2.59. The zero-order valence-corrected chi connectivity index (χ0v) is 13.5. The molecule has 0 aliphatic rings. The van der Waals surface area contributed by atoms with Crippen LogP contribution in [0.4, 0.5) is 0 Å². The summed E-state index contributed by atoms with van der Waals surface area (Å²) in [4.78, 5) is 0. The van der Waals surface area contributed by atoms with Gasteiger partial charge < -0.3 is 5.11 Å². The first-order chi connectivity index (χ1) is 8.91. The quantitative estimate of drug-likeness (QED) is 0.922. The van der Waals surface area contributed by atoms with Crippen molar-refractivity contribution >= 4 is 27.5 Å². The number of hydrogen-bond acceptors (Lipinski definition) is 2. The molecule has 1 heterocycles. The van der Waals surface area contributed by atoms with Gasteiger partial charge in [-0.15, -0.1) is 0 Å². The number of halogens is 2. The van der Waals surface area contributed by atoms with Crippen molar-refractivity contribution in [3.05, 3.63) is 50.2 Å². The maximum atomic E-state index is 10.4. The van der Waals surface area contributed by atoms with Crippen LogP contribution >= 0.6 is 27.5 Å². The highest BCUT2D eigenvalue weighted by Gasteiger charge is 2.18. The molecule has 0 aliphatic heterocycles. The Morgan fingerprint density at radius 2 is 2.11 bits per heavy atom. The van der Waals surface area contributed by atoms with Crippen LogP contribution in [0.1, 0.15) is 28.6 Å². The summed E-state index contributed by atoms with van der Waals surface area (Å²) in [5, 5.41) is 15.3. The minimum Gasteiger partial charge on any atom is -0.388 e. The molecule has 0 spiro atoms. The molecular weight excluding hydrogens is 328 g/mol. The van der Waals surface area contributed by atoms with Crippen molar-refractivity contribution in [3.63, 3.8) is 0 Å². The van der Waals surface area contributed by atoms with Gasteiger partial charge in [0.25, 0.3) is 0 Å². The van der Waals surface area contributed by atoms with E-state index in [9.17, 15) is 5.11 Å². The summed E-state index contributed by atoms with van der Waals surface area (Å²) in [5.41, 5.74) is 3.61. The van der Waals surface area contributed by atoms with Crippen LogP contribution in [0.15, 0.2) is 22.7 Å². The third-order valence-corrected chi connectivity index (χ3v) is 4.80. The maximum absolute atomic E-state index is 10.4. The highest BCUT2D eigenvalue weighted by molar-refractivity contribution is 9.10. The molecule has 19 heavy (non-hydrogen) atoms. The predicted molar refractivity (Wildman–Crippen MR) is 80.5 cm³/mol. The Hall–Kier alpha value is -0.840. The zero-order chi connectivity index (χ0) is 14.2. The van der Waals surface area contributed by atoms with Gasteiger partial charge in [0.2, 0.25) is 0 Å². The third-order valence-electron chi connectivity index (χ3n) is 3.23. The standard InChI is InChI=1S/C14H16BrClN2O/c1-8-5-4-6-10(13(8)15)12(19)7-11-14(16)9(2)17-18(11)3/h4-6,12,19H,7H2,1-3H3. The van der Waals surface area contributed by atoms with E-state index in [1.807, 2.05) is 39.1 Å². The summed E-state index contributed by atoms with van der Waals surface area (Å²) < 4.78 is 2.67. The molecule has 0 fully saturated rings. The second kappa shape index (κ2) is 5.65. The largest absolute Gasteiger partial charge is 0.388 e. The second-order valence-corrected chi connectivity index (χ2v) is 5.84. The smallest absolute Gasteiger partial charge is 0.0856 e. The van der Waals surface area contributed by atoms with Gasteiger partial charge >= 0.3 is 0 Å². The van der Waals surface area contributed by atoms with E-state index in [1.165, 1.54) is 0 Å². The molecule has 3 nitrogen and oxygen atoms in total. The molecule has 1 N–H and O–H groups in total. The Morgan fingerprint density at radius 3 is 2.68 bits per heavy atom. The molecule has 102 valence electrons. The predicted octanol–water partition coefficient (Wildman–Crippen LogP) is 3.73. The minimum atomic E-state index is -0.610. The van der Waals surface area contributed by atoms with Crippen LogP contribution in [0.3, 0.4) is 0 Å². The zero-order valence-electron chi connectivity index (χ0n) is 11.1. The Balaban J connectivity index is 2.31. The summed E-state index contributed by atoms with van der Waals surface area (Å²) in [6.45, 7) is 3.86. The van der Waals surface area contributed by atoms with Gasteiger partial charge in [-0.05, 0) is 25.0 Å². The Kier molecular flexibility index (Phi) is 4.33. The molecule has 1 aromatic heterocycles. The third kappa shape index (κ3) is 2.86. The molecule has 2 rings (SSSR count). The number of benzene rings is 1. The van der Waals surface area contributed by atoms with Gasteiger partial charge in [0.05, 0.1) is 22.5 Å². The molecule has 1 atom stereocenters. The summed E-state index contributed by atoms with van der Waals surface area (Å²) in [6, 6.07) is 5.86. The summed E-state index contributed by atoms with van der Waals surface area (Å²) in [6.07, 6.45) is -0.167. The lowest BCUT2D eigenvalue weighted by molar-refractivity contribution is 0.175. The number of aryl methyl sites for hydroxylation is 3. The minimum absolute atomic E-state index is 0.443. The molecule has 5 heteroatoms. The van der Waals surface area contributed by atoms with Crippen LogP contribution in [0.2, 0.25) is 5.02 Å². The first-order valence-corrected chi connectivity index (χ1v) is 7.20. The molecule has 0 amide bonds. The van der Waals surface area contributed by atoms with Gasteiger partial charge in [-0.2, -0.15) is 5.10 Å². The fraction of sp³-hybridized carbons (Fsp3) is 0.357. The van der Waals surface area contributed by atoms with Crippen molar-refractivity contribution in [2.24, 2.45) is 7.05 Å². The van der Waals surface area contributed by atoms with Crippen molar-refractivity contribution in [1.29, 1.82) is 0 Å². The monoisotopic (exact) mass is 342 g/mol. The van der Waals surface area contributed by atoms with Gasteiger partial charge in [0.1, 0.15) is 0 Å². The summed E-state index contributed by atoms with van der Waals surface area (Å²) in [5.74, 6) is 0. The molecule has 0 aliphatic carbocycles. The molecule has 1 aromatic carbocycles. The first-order valence-electron chi connectivity index (χ1n) is 6.03. The Labute approximate surface area is 126 Å². The first kappa shape index (κ1) is 14.6. The van der Waals surface area contributed by atoms with E-state index in [0.29, 0.717) is 11.4 Å². The lowest BCUT2D eigenvalue weighted by atomic mass is 10.0. The Morgan fingerprint density at radius 1 is 1.42 bits per heavy atom. The second-order valence-electron chi connectivity index (χ2n) is 4.67. The molecule has 0 saturated carbocycles. The van der Waals surface area contributed by atoms with E-state index in [-0.39, 0.29) is 0 Å². The normalized spacial score (nSPS) is 12.7. The topological polar surface area (TPSA) is 38.1 Å². The van der Waals surface area contributed by atoms with Crippen molar-refractivity contribution in [2.45, 2.75) is 26.4 Å². The van der Waals surface area contributed by atoms with Crippen LogP contribution in [-0.4, -0.2) is 14.9 Å². The fourth-order valence-electron chi connectivity index (χ4n) is 2.12. The van der Waals surface area contributed by atoms with E-state index in [4.69, 9.17) is 11.6 Å². The van der Waals surface area contributed by atoms with E-state index >= 15 is 0 Å². The van der Waals surface area contributed by atoms with Crippen molar-refractivity contribution in [2.75, 3.05) is 0 Å². The van der Waals surface area contributed by atoms with Crippen LogP contribution < -0.4 is 0 Å². The van der Waals surface area contributed by atoms with Gasteiger partial charge in [-0.3, -0.25) is 4.68 Å². The number of aromatic nitrogens is 2. The van der Waals surface area contributed by atoms with Crippen molar-refractivity contribution in [3.8, 4) is 0 Å². The van der Waals surface area contributed by atoms with E-state index in [0.717, 1.165) is 27.0 Å². The maximum Gasteiger partial charge on any atom is 0.0856 e. The Bertz CT molecular complexity index is 610. The number of nitrogens with zero attached hydrogens (tertiary/aromatic N) is 2. The van der Waals surface area contributed by atoms with E-state index < -0.39 is 6.10 Å². The molecule has 2 aromatic rings. The highest BCUT2D eigenvalue weighted by atomic mass is 79.9. The summed E-state index contributed by atoms with van der Waals surface area (Å²) in [7, 11) is 1.84. The molecule has 0 radical (unpaired) electrons. The van der Waals surface area contributed by atoms with Crippen LogP contribution in [-0.2, 0) is 13.5 Å². The molecule has 0 bridgehead atoms. The number of rotatable bonds is 3. The van der Waals surface area contributed by atoms with Gasteiger partial charge in [0, 0.05) is 17.9 Å². The highest BCUT2D eigenvalue weighted by Crippen LogP contribution is 2.30. The fourth-order valence-corrected chi connectivity index (χ4v) is 2.89. The van der Waals surface area contributed by atoms with Gasteiger partial charge in [-0.1, -0.05) is 45.7 Å².